The first-order valence-corrected chi connectivity index (χ1v) is 7.49. The maximum absolute atomic E-state index is 11.7. The number of hydrogen-bond acceptors (Lipinski definition) is 2. The molecule has 1 amide bonds. The summed E-state index contributed by atoms with van der Waals surface area (Å²) in [5, 5.41) is 0. The van der Waals surface area contributed by atoms with E-state index < -0.39 is 0 Å². The van der Waals surface area contributed by atoms with Crippen molar-refractivity contribution in [2.24, 2.45) is 0 Å². The highest BCUT2D eigenvalue weighted by Crippen LogP contribution is 2.26. The summed E-state index contributed by atoms with van der Waals surface area (Å²) in [5.41, 5.74) is 2.48. The largest absolute Gasteiger partial charge is 0.367 e. The summed E-state index contributed by atoms with van der Waals surface area (Å²) < 4.78 is 1.11. The lowest BCUT2D eigenvalue weighted by atomic mass is 10.1. The fraction of sp³-hybridized carbons (Fsp3) is 0.533. The molecule has 1 aromatic rings. The minimum absolute atomic E-state index is 0.171. The standard InChI is InChI=1S/C15H21BrN2O/c1-10-5-14(16)7-15(6-10)17-8-11(2)18(13(4)19)12(3)9-17/h5-7,11-12H,8-9H2,1-4H3/t11-,12+. The van der Waals surface area contributed by atoms with E-state index in [-0.39, 0.29) is 18.0 Å². The zero-order valence-electron chi connectivity index (χ0n) is 12.0. The first-order chi connectivity index (χ1) is 8.88. The van der Waals surface area contributed by atoms with Gasteiger partial charge in [-0.3, -0.25) is 4.79 Å². The Morgan fingerprint density at radius 3 is 2.26 bits per heavy atom. The van der Waals surface area contributed by atoms with Gasteiger partial charge in [-0.15, -0.1) is 0 Å². The zero-order chi connectivity index (χ0) is 14.2. The van der Waals surface area contributed by atoms with Crippen molar-refractivity contribution in [2.75, 3.05) is 18.0 Å². The molecule has 0 aliphatic carbocycles. The number of nitrogens with zero attached hydrogens (tertiary/aromatic N) is 2. The van der Waals surface area contributed by atoms with E-state index in [1.807, 2.05) is 4.90 Å². The molecule has 3 nitrogen and oxygen atoms in total. The van der Waals surface area contributed by atoms with Crippen molar-refractivity contribution in [3.05, 3.63) is 28.2 Å². The number of hydrogen-bond donors (Lipinski definition) is 0. The van der Waals surface area contributed by atoms with Crippen LogP contribution in [0.4, 0.5) is 5.69 Å². The van der Waals surface area contributed by atoms with Crippen LogP contribution in [-0.4, -0.2) is 36.0 Å². The van der Waals surface area contributed by atoms with Crippen molar-refractivity contribution in [3.8, 4) is 0 Å². The Bertz CT molecular complexity index is 457. The Hall–Kier alpha value is -1.03. The molecule has 2 rings (SSSR count). The normalized spacial score (nSPS) is 23.6. The number of anilines is 1. The van der Waals surface area contributed by atoms with Gasteiger partial charge in [0.15, 0.2) is 0 Å². The third kappa shape index (κ3) is 3.11. The van der Waals surface area contributed by atoms with Crippen LogP contribution >= 0.6 is 15.9 Å². The van der Waals surface area contributed by atoms with Gasteiger partial charge in [-0.25, -0.2) is 0 Å². The Labute approximate surface area is 123 Å². The Morgan fingerprint density at radius 1 is 1.21 bits per heavy atom. The minimum Gasteiger partial charge on any atom is -0.367 e. The SMILES string of the molecule is CC(=O)N1[C@H](C)CN(c2cc(C)cc(Br)c2)C[C@@H]1C. The van der Waals surface area contributed by atoms with Gasteiger partial charge in [0.05, 0.1) is 0 Å². The molecule has 0 N–H and O–H groups in total. The molecule has 0 radical (unpaired) electrons. The van der Waals surface area contributed by atoms with Gasteiger partial charge in [0.1, 0.15) is 0 Å². The predicted molar refractivity (Wildman–Crippen MR) is 82.5 cm³/mol. The van der Waals surface area contributed by atoms with Gasteiger partial charge in [0.2, 0.25) is 5.91 Å². The van der Waals surface area contributed by atoms with Gasteiger partial charge in [0.25, 0.3) is 0 Å². The van der Waals surface area contributed by atoms with Crippen LogP contribution in [0.2, 0.25) is 0 Å². The molecule has 1 aromatic carbocycles. The summed E-state index contributed by atoms with van der Waals surface area (Å²) in [5.74, 6) is 0.171. The molecular weight excluding hydrogens is 304 g/mol. The molecule has 104 valence electrons. The van der Waals surface area contributed by atoms with Crippen molar-refractivity contribution in [2.45, 2.75) is 39.8 Å². The highest BCUT2D eigenvalue weighted by molar-refractivity contribution is 9.10. The van der Waals surface area contributed by atoms with Crippen molar-refractivity contribution >= 4 is 27.5 Å². The molecule has 0 bridgehead atoms. The molecular formula is C15H21BrN2O. The third-order valence-corrected chi connectivity index (χ3v) is 4.13. The fourth-order valence-electron chi connectivity index (χ4n) is 3.05. The second-order valence-electron chi connectivity index (χ2n) is 5.52. The molecule has 4 heteroatoms. The van der Waals surface area contributed by atoms with Crippen LogP contribution < -0.4 is 4.90 Å². The van der Waals surface area contributed by atoms with E-state index >= 15 is 0 Å². The number of carbonyl (C=O) groups excluding carboxylic acids is 1. The summed E-state index contributed by atoms with van der Waals surface area (Å²) >= 11 is 3.55. The van der Waals surface area contributed by atoms with E-state index in [2.05, 4.69) is 59.8 Å². The highest BCUT2D eigenvalue weighted by atomic mass is 79.9. The van der Waals surface area contributed by atoms with Crippen molar-refractivity contribution < 1.29 is 4.79 Å². The van der Waals surface area contributed by atoms with Crippen LogP contribution in [0.3, 0.4) is 0 Å². The van der Waals surface area contributed by atoms with Gasteiger partial charge < -0.3 is 9.80 Å². The monoisotopic (exact) mass is 324 g/mol. The smallest absolute Gasteiger partial charge is 0.220 e. The van der Waals surface area contributed by atoms with Crippen molar-refractivity contribution in [3.63, 3.8) is 0 Å². The Balaban J connectivity index is 2.22. The number of aryl methyl sites for hydroxylation is 1. The summed E-state index contributed by atoms with van der Waals surface area (Å²) in [7, 11) is 0. The first-order valence-electron chi connectivity index (χ1n) is 6.69. The summed E-state index contributed by atoms with van der Waals surface area (Å²) in [4.78, 5) is 16.0. The number of halogens is 1. The predicted octanol–water partition coefficient (Wildman–Crippen LogP) is 3.20. The molecule has 2 atom stereocenters. The second kappa shape index (κ2) is 5.53. The van der Waals surface area contributed by atoms with Gasteiger partial charge in [-0.1, -0.05) is 15.9 Å². The van der Waals surface area contributed by atoms with Gasteiger partial charge in [-0.2, -0.15) is 0 Å². The van der Waals surface area contributed by atoms with E-state index in [1.165, 1.54) is 11.3 Å². The lowest BCUT2D eigenvalue weighted by Crippen LogP contribution is -2.58. The van der Waals surface area contributed by atoms with Crippen LogP contribution in [0.25, 0.3) is 0 Å². The molecule has 0 aromatic heterocycles. The summed E-state index contributed by atoms with van der Waals surface area (Å²) in [6, 6.07) is 6.96. The van der Waals surface area contributed by atoms with Gasteiger partial charge >= 0.3 is 0 Å². The van der Waals surface area contributed by atoms with Crippen molar-refractivity contribution in [1.29, 1.82) is 0 Å². The Kier molecular flexibility index (Phi) is 4.19. The number of benzene rings is 1. The first kappa shape index (κ1) is 14.4. The number of amides is 1. The van der Waals surface area contributed by atoms with E-state index in [1.54, 1.807) is 6.92 Å². The molecule has 0 unspecified atom stereocenters. The lowest BCUT2D eigenvalue weighted by Gasteiger charge is -2.45. The molecule has 1 aliphatic heterocycles. The molecule has 1 heterocycles. The van der Waals surface area contributed by atoms with Crippen LogP contribution in [-0.2, 0) is 4.79 Å². The maximum atomic E-state index is 11.7. The Morgan fingerprint density at radius 2 is 1.79 bits per heavy atom. The van der Waals surface area contributed by atoms with Crippen LogP contribution in [0.1, 0.15) is 26.3 Å². The van der Waals surface area contributed by atoms with Crippen LogP contribution in [0.15, 0.2) is 22.7 Å². The van der Waals surface area contributed by atoms with E-state index in [4.69, 9.17) is 0 Å². The molecule has 1 saturated heterocycles. The van der Waals surface area contributed by atoms with E-state index in [0.717, 1.165) is 17.6 Å². The van der Waals surface area contributed by atoms with E-state index in [9.17, 15) is 4.79 Å². The molecule has 1 fully saturated rings. The fourth-order valence-corrected chi connectivity index (χ4v) is 3.65. The number of rotatable bonds is 1. The minimum atomic E-state index is 0.171. The average Bonchev–Trinajstić information content (AvgIpc) is 2.25. The van der Waals surface area contributed by atoms with Gasteiger partial charge in [0, 0.05) is 42.3 Å². The van der Waals surface area contributed by atoms with Gasteiger partial charge in [-0.05, 0) is 44.5 Å². The van der Waals surface area contributed by atoms with Crippen molar-refractivity contribution in [1.82, 2.24) is 4.90 Å². The zero-order valence-corrected chi connectivity index (χ0v) is 13.6. The van der Waals surface area contributed by atoms with E-state index in [0.29, 0.717) is 0 Å². The highest BCUT2D eigenvalue weighted by Gasteiger charge is 2.31. The average molecular weight is 325 g/mol. The molecule has 0 saturated carbocycles. The quantitative estimate of drug-likeness (QED) is 0.792. The van der Waals surface area contributed by atoms with Crippen LogP contribution in [0.5, 0.6) is 0 Å². The lowest BCUT2D eigenvalue weighted by molar-refractivity contribution is -0.133. The number of carbonyl (C=O) groups is 1. The summed E-state index contributed by atoms with van der Waals surface area (Å²) in [6.45, 7) is 9.78. The maximum Gasteiger partial charge on any atom is 0.220 e. The number of piperazine rings is 1. The summed E-state index contributed by atoms with van der Waals surface area (Å²) in [6.07, 6.45) is 0. The third-order valence-electron chi connectivity index (χ3n) is 3.67. The van der Waals surface area contributed by atoms with Crippen LogP contribution in [0, 0.1) is 6.92 Å². The topological polar surface area (TPSA) is 23.6 Å². The second-order valence-corrected chi connectivity index (χ2v) is 6.43. The molecule has 19 heavy (non-hydrogen) atoms. The molecule has 0 spiro atoms. The molecule has 1 aliphatic rings.